The second-order valence-electron chi connectivity index (χ2n) is 6.43. The summed E-state index contributed by atoms with van der Waals surface area (Å²) in [4.78, 5) is 6.86. The first-order valence-electron chi connectivity index (χ1n) is 9.15. The van der Waals surface area contributed by atoms with E-state index in [0.29, 0.717) is 17.8 Å². The second-order valence-corrected chi connectivity index (χ2v) is 6.84. The van der Waals surface area contributed by atoms with Crippen LogP contribution < -0.4 is 15.4 Å². The molecule has 0 aliphatic carbocycles. The molecule has 0 saturated carbocycles. The number of likely N-dealkylation sites (tertiary alicyclic amines) is 1. The molecule has 0 atom stereocenters. The van der Waals surface area contributed by atoms with E-state index in [2.05, 4.69) is 26.6 Å². The minimum Gasteiger partial charge on any atom is -0.494 e. The first-order valence-corrected chi connectivity index (χ1v) is 9.56. The second kappa shape index (κ2) is 9.50. The molecular formula is C20H26N4OS. The lowest BCUT2D eigenvalue weighted by Crippen LogP contribution is -2.45. The van der Waals surface area contributed by atoms with Gasteiger partial charge in [-0.05, 0) is 68.4 Å². The SMILES string of the molecule is CCOc1ccc(NC(=S)NC2CCN(Cc3ccccn3)CC2)cc1. The molecule has 1 saturated heterocycles. The topological polar surface area (TPSA) is 49.4 Å². The van der Waals surface area contributed by atoms with Crippen molar-refractivity contribution in [1.29, 1.82) is 0 Å². The molecule has 0 unspecified atom stereocenters. The van der Waals surface area contributed by atoms with Crippen LogP contribution in [0.3, 0.4) is 0 Å². The van der Waals surface area contributed by atoms with Crippen LogP contribution in [0.15, 0.2) is 48.7 Å². The molecule has 3 rings (SSSR count). The number of nitrogens with zero attached hydrogens (tertiary/aromatic N) is 2. The molecule has 1 aliphatic heterocycles. The lowest BCUT2D eigenvalue weighted by Gasteiger charge is -2.32. The van der Waals surface area contributed by atoms with Crippen LogP contribution in [0.5, 0.6) is 5.75 Å². The van der Waals surface area contributed by atoms with Crippen LogP contribution in [0.2, 0.25) is 0 Å². The van der Waals surface area contributed by atoms with E-state index in [0.717, 1.165) is 49.6 Å². The van der Waals surface area contributed by atoms with Gasteiger partial charge in [0.05, 0.1) is 12.3 Å². The van der Waals surface area contributed by atoms with Gasteiger partial charge in [0.25, 0.3) is 0 Å². The third-order valence-corrected chi connectivity index (χ3v) is 4.68. The summed E-state index contributed by atoms with van der Waals surface area (Å²) in [6.45, 7) is 5.68. The number of pyridine rings is 1. The molecule has 1 aromatic heterocycles. The fourth-order valence-corrected chi connectivity index (χ4v) is 3.39. The first-order chi connectivity index (χ1) is 12.7. The molecule has 1 aromatic carbocycles. The van der Waals surface area contributed by atoms with Crippen molar-refractivity contribution in [2.45, 2.75) is 32.4 Å². The van der Waals surface area contributed by atoms with E-state index in [1.165, 1.54) is 0 Å². The van der Waals surface area contributed by atoms with E-state index < -0.39 is 0 Å². The first kappa shape index (κ1) is 18.6. The molecule has 0 spiro atoms. The number of thiocarbonyl (C=S) groups is 1. The highest BCUT2D eigenvalue weighted by molar-refractivity contribution is 7.80. The highest BCUT2D eigenvalue weighted by Crippen LogP contribution is 2.16. The van der Waals surface area contributed by atoms with Crippen LogP contribution in [-0.2, 0) is 6.54 Å². The van der Waals surface area contributed by atoms with Gasteiger partial charge in [-0.3, -0.25) is 9.88 Å². The fourth-order valence-electron chi connectivity index (χ4n) is 3.11. The molecule has 2 aromatic rings. The summed E-state index contributed by atoms with van der Waals surface area (Å²) in [5, 5.41) is 7.37. The van der Waals surface area contributed by atoms with Gasteiger partial charge < -0.3 is 15.4 Å². The number of benzene rings is 1. The fraction of sp³-hybridized carbons (Fsp3) is 0.400. The van der Waals surface area contributed by atoms with Crippen LogP contribution in [-0.4, -0.2) is 40.7 Å². The largest absolute Gasteiger partial charge is 0.494 e. The molecule has 138 valence electrons. The van der Waals surface area contributed by atoms with Gasteiger partial charge in [0.2, 0.25) is 0 Å². The molecule has 0 amide bonds. The maximum Gasteiger partial charge on any atom is 0.170 e. The number of rotatable bonds is 6. The Labute approximate surface area is 160 Å². The molecule has 2 heterocycles. The molecule has 1 fully saturated rings. The van der Waals surface area contributed by atoms with E-state index in [1.807, 2.05) is 49.5 Å². The number of hydrogen-bond donors (Lipinski definition) is 2. The quantitative estimate of drug-likeness (QED) is 0.760. The van der Waals surface area contributed by atoms with Gasteiger partial charge in [-0.15, -0.1) is 0 Å². The maximum atomic E-state index is 5.46. The Morgan fingerprint density at radius 3 is 2.62 bits per heavy atom. The van der Waals surface area contributed by atoms with Crippen molar-refractivity contribution < 1.29 is 4.74 Å². The zero-order valence-corrected chi connectivity index (χ0v) is 16.0. The Bertz CT molecular complexity index is 685. The van der Waals surface area contributed by atoms with E-state index >= 15 is 0 Å². The van der Waals surface area contributed by atoms with E-state index in [1.54, 1.807) is 0 Å². The zero-order valence-electron chi connectivity index (χ0n) is 15.1. The normalized spacial score (nSPS) is 15.4. The molecule has 0 bridgehead atoms. The van der Waals surface area contributed by atoms with E-state index in [4.69, 9.17) is 17.0 Å². The zero-order chi connectivity index (χ0) is 18.2. The minimum atomic E-state index is 0.415. The van der Waals surface area contributed by atoms with Gasteiger partial charge in [0.1, 0.15) is 5.75 Å². The lowest BCUT2D eigenvalue weighted by atomic mass is 10.1. The predicted octanol–water partition coefficient (Wildman–Crippen LogP) is 3.43. The summed E-state index contributed by atoms with van der Waals surface area (Å²) < 4.78 is 5.45. The van der Waals surface area contributed by atoms with Crippen molar-refractivity contribution in [3.8, 4) is 5.75 Å². The standard InChI is InChI=1S/C20H26N4OS/c1-2-25-19-8-6-16(7-9-19)22-20(26)23-17-10-13-24(14-11-17)15-18-5-3-4-12-21-18/h3-9,12,17H,2,10-11,13-15H2,1H3,(H2,22,23,26). The Morgan fingerprint density at radius 2 is 1.96 bits per heavy atom. The van der Waals surface area contributed by atoms with Crippen molar-refractivity contribution >= 4 is 23.0 Å². The number of ether oxygens (including phenoxy) is 1. The molecular weight excluding hydrogens is 344 g/mol. The minimum absolute atomic E-state index is 0.415. The van der Waals surface area contributed by atoms with Gasteiger partial charge in [-0.1, -0.05) is 6.07 Å². The maximum absolute atomic E-state index is 5.46. The summed E-state index contributed by atoms with van der Waals surface area (Å²) >= 11 is 5.46. The van der Waals surface area contributed by atoms with Crippen LogP contribution in [0.1, 0.15) is 25.5 Å². The van der Waals surface area contributed by atoms with Gasteiger partial charge in [-0.25, -0.2) is 0 Å². The summed E-state index contributed by atoms with van der Waals surface area (Å²) in [7, 11) is 0. The Balaban J connectivity index is 1.40. The predicted molar refractivity (Wildman–Crippen MR) is 110 cm³/mol. The van der Waals surface area contributed by atoms with Crippen LogP contribution in [0.4, 0.5) is 5.69 Å². The number of hydrogen-bond acceptors (Lipinski definition) is 4. The van der Waals surface area contributed by atoms with Crippen LogP contribution in [0.25, 0.3) is 0 Å². The summed E-state index contributed by atoms with van der Waals surface area (Å²) in [6, 6.07) is 14.4. The van der Waals surface area contributed by atoms with Crippen molar-refractivity contribution in [3.63, 3.8) is 0 Å². The van der Waals surface area contributed by atoms with Gasteiger partial charge in [0.15, 0.2) is 5.11 Å². The monoisotopic (exact) mass is 370 g/mol. The van der Waals surface area contributed by atoms with E-state index in [-0.39, 0.29) is 0 Å². The van der Waals surface area contributed by atoms with Crippen molar-refractivity contribution in [1.82, 2.24) is 15.2 Å². The summed E-state index contributed by atoms with van der Waals surface area (Å²) in [5.41, 5.74) is 2.10. The molecule has 1 aliphatic rings. The smallest absolute Gasteiger partial charge is 0.170 e. The summed E-state index contributed by atoms with van der Waals surface area (Å²) in [5.74, 6) is 0.872. The molecule has 2 N–H and O–H groups in total. The van der Waals surface area contributed by atoms with Crippen molar-refractivity contribution in [2.75, 3.05) is 25.0 Å². The highest BCUT2D eigenvalue weighted by atomic mass is 32.1. The number of piperidine rings is 1. The number of anilines is 1. The molecule has 5 nitrogen and oxygen atoms in total. The van der Waals surface area contributed by atoms with E-state index in [9.17, 15) is 0 Å². The van der Waals surface area contributed by atoms with Gasteiger partial charge in [-0.2, -0.15) is 0 Å². The van der Waals surface area contributed by atoms with Crippen LogP contribution in [0, 0.1) is 0 Å². The average Bonchev–Trinajstić information content (AvgIpc) is 2.66. The third kappa shape index (κ3) is 5.68. The van der Waals surface area contributed by atoms with Gasteiger partial charge in [0, 0.05) is 37.6 Å². The Kier molecular flexibility index (Phi) is 6.80. The van der Waals surface area contributed by atoms with Crippen LogP contribution >= 0.6 is 12.2 Å². The van der Waals surface area contributed by atoms with Crippen molar-refractivity contribution in [3.05, 3.63) is 54.4 Å². The Morgan fingerprint density at radius 1 is 1.19 bits per heavy atom. The van der Waals surface area contributed by atoms with Gasteiger partial charge >= 0.3 is 0 Å². The molecule has 26 heavy (non-hydrogen) atoms. The van der Waals surface area contributed by atoms with Crippen molar-refractivity contribution in [2.24, 2.45) is 0 Å². The highest BCUT2D eigenvalue weighted by Gasteiger charge is 2.20. The molecule has 0 radical (unpaired) electrons. The summed E-state index contributed by atoms with van der Waals surface area (Å²) in [6.07, 6.45) is 4.02. The number of nitrogens with one attached hydrogen (secondary N) is 2. The number of aromatic nitrogens is 1. The Hall–Kier alpha value is -2.18. The molecule has 6 heteroatoms. The average molecular weight is 371 g/mol. The lowest BCUT2D eigenvalue weighted by molar-refractivity contribution is 0.197. The third-order valence-electron chi connectivity index (χ3n) is 4.46.